The number of hydrogen-bond donors (Lipinski definition) is 1. The zero-order valence-corrected chi connectivity index (χ0v) is 7.70. The first-order chi connectivity index (χ1) is 6.69. The molecule has 0 saturated heterocycles. The van der Waals surface area contributed by atoms with E-state index < -0.39 is 11.9 Å². The van der Waals surface area contributed by atoms with Crippen LogP contribution < -0.4 is 4.74 Å². The van der Waals surface area contributed by atoms with Crippen molar-refractivity contribution in [1.82, 2.24) is 0 Å². The molecule has 74 valence electrons. The minimum Gasteiger partial charge on any atom is -0.494 e. The van der Waals surface area contributed by atoms with Gasteiger partial charge in [0.25, 0.3) is 0 Å². The van der Waals surface area contributed by atoms with Gasteiger partial charge in [-0.1, -0.05) is 6.07 Å². The molecule has 0 aliphatic heterocycles. The van der Waals surface area contributed by atoms with Gasteiger partial charge in [0, 0.05) is 0 Å². The summed E-state index contributed by atoms with van der Waals surface area (Å²) in [5, 5.41) is 9.39. The predicted octanol–water partition coefficient (Wildman–Crippen LogP) is 1.79. The summed E-state index contributed by atoms with van der Waals surface area (Å²) in [6.07, 6.45) is -0.937. The van der Waals surface area contributed by atoms with E-state index in [1.807, 2.05) is 0 Å². The largest absolute Gasteiger partial charge is 0.494 e. The van der Waals surface area contributed by atoms with E-state index in [0.717, 1.165) is 0 Å². The SMILES string of the molecule is [C-]#[N+]CC(O)c1ccc(OC)c(F)c1. The Balaban J connectivity index is 2.92. The molecule has 0 spiro atoms. The third kappa shape index (κ3) is 2.21. The van der Waals surface area contributed by atoms with Crippen LogP contribution in [0.1, 0.15) is 11.7 Å². The van der Waals surface area contributed by atoms with Gasteiger partial charge in [-0.05, 0) is 17.7 Å². The molecule has 1 atom stereocenters. The quantitative estimate of drug-likeness (QED) is 0.746. The second kappa shape index (κ2) is 4.58. The minimum atomic E-state index is -0.937. The maximum atomic E-state index is 13.1. The standard InChI is InChI=1S/C10H10FNO2/c1-12-6-9(13)7-3-4-10(14-2)8(11)5-7/h3-5,9,13H,6H2,2H3. The molecule has 1 aromatic rings. The molecule has 4 heteroatoms. The first-order valence-electron chi connectivity index (χ1n) is 4.03. The van der Waals surface area contributed by atoms with Crippen LogP contribution in [0.3, 0.4) is 0 Å². The van der Waals surface area contributed by atoms with Crippen LogP contribution in [-0.4, -0.2) is 18.8 Å². The van der Waals surface area contributed by atoms with Crippen molar-refractivity contribution in [1.29, 1.82) is 0 Å². The molecule has 1 rings (SSSR count). The Labute approximate surface area is 81.6 Å². The van der Waals surface area contributed by atoms with E-state index in [2.05, 4.69) is 4.85 Å². The van der Waals surface area contributed by atoms with Crippen molar-refractivity contribution in [2.45, 2.75) is 6.10 Å². The van der Waals surface area contributed by atoms with E-state index in [0.29, 0.717) is 5.56 Å². The normalized spacial score (nSPS) is 11.9. The average molecular weight is 195 g/mol. The Morgan fingerprint density at radius 3 is 2.86 bits per heavy atom. The van der Waals surface area contributed by atoms with Gasteiger partial charge in [0.05, 0.1) is 7.11 Å². The number of aliphatic hydroxyl groups excluding tert-OH is 1. The van der Waals surface area contributed by atoms with E-state index in [4.69, 9.17) is 11.3 Å². The van der Waals surface area contributed by atoms with Crippen molar-refractivity contribution in [2.24, 2.45) is 0 Å². The lowest BCUT2D eigenvalue weighted by Gasteiger charge is -2.06. The number of hydrogen-bond acceptors (Lipinski definition) is 2. The molecule has 0 bridgehead atoms. The molecule has 0 heterocycles. The van der Waals surface area contributed by atoms with Gasteiger partial charge in [-0.25, -0.2) is 11.0 Å². The topological polar surface area (TPSA) is 33.8 Å². The Bertz CT molecular complexity index is 360. The van der Waals surface area contributed by atoms with E-state index in [1.165, 1.54) is 25.3 Å². The summed E-state index contributed by atoms with van der Waals surface area (Å²) in [7, 11) is 1.37. The zero-order valence-electron chi connectivity index (χ0n) is 7.70. The molecule has 3 nitrogen and oxygen atoms in total. The van der Waals surface area contributed by atoms with E-state index in [9.17, 15) is 9.50 Å². The highest BCUT2D eigenvalue weighted by Gasteiger charge is 2.12. The Morgan fingerprint density at radius 2 is 2.36 bits per heavy atom. The van der Waals surface area contributed by atoms with Crippen LogP contribution in [0.5, 0.6) is 5.75 Å². The number of benzene rings is 1. The third-order valence-electron chi connectivity index (χ3n) is 1.82. The summed E-state index contributed by atoms with van der Waals surface area (Å²) >= 11 is 0. The van der Waals surface area contributed by atoms with E-state index in [-0.39, 0.29) is 12.3 Å². The number of nitrogens with zero attached hydrogens (tertiary/aromatic N) is 1. The van der Waals surface area contributed by atoms with E-state index >= 15 is 0 Å². The summed E-state index contributed by atoms with van der Waals surface area (Å²) in [5.41, 5.74) is 0.388. The summed E-state index contributed by atoms with van der Waals surface area (Å²) in [4.78, 5) is 3.03. The maximum absolute atomic E-state index is 13.1. The van der Waals surface area contributed by atoms with Crippen molar-refractivity contribution in [3.8, 4) is 5.75 Å². The molecule has 1 unspecified atom stereocenters. The van der Waals surface area contributed by atoms with Gasteiger partial charge < -0.3 is 14.7 Å². The van der Waals surface area contributed by atoms with Crippen LogP contribution in [0.25, 0.3) is 4.85 Å². The van der Waals surface area contributed by atoms with E-state index in [1.54, 1.807) is 0 Å². The van der Waals surface area contributed by atoms with Gasteiger partial charge in [0.1, 0.15) is 0 Å². The number of methoxy groups -OCH3 is 1. The van der Waals surface area contributed by atoms with Gasteiger partial charge in [-0.3, -0.25) is 0 Å². The second-order valence-electron chi connectivity index (χ2n) is 2.75. The van der Waals surface area contributed by atoms with Gasteiger partial charge in [0.15, 0.2) is 17.7 Å². The van der Waals surface area contributed by atoms with Crippen LogP contribution in [0, 0.1) is 12.4 Å². The predicted molar refractivity (Wildman–Crippen MR) is 49.4 cm³/mol. The summed E-state index contributed by atoms with van der Waals surface area (Å²) in [6.45, 7) is 6.50. The lowest BCUT2D eigenvalue weighted by atomic mass is 10.1. The maximum Gasteiger partial charge on any atom is 0.244 e. The van der Waals surface area contributed by atoms with Gasteiger partial charge in [0.2, 0.25) is 6.54 Å². The molecule has 0 aliphatic rings. The molecule has 14 heavy (non-hydrogen) atoms. The molecule has 0 amide bonds. The molecule has 0 saturated carbocycles. The highest BCUT2D eigenvalue weighted by Crippen LogP contribution is 2.21. The molecule has 0 aliphatic carbocycles. The van der Waals surface area contributed by atoms with Gasteiger partial charge >= 0.3 is 0 Å². The van der Waals surface area contributed by atoms with Gasteiger partial charge in [-0.15, -0.1) is 0 Å². The fourth-order valence-electron chi connectivity index (χ4n) is 1.08. The van der Waals surface area contributed by atoms with Crippen molar-refractivity contribution in [2.75, 3.05) is 13.7 Å². The number of halogens is 1. The number of ether oxygens (including phenoxy) is 1. The van der Waals surface area contributed by atoms with Crippen LogP contribution in [0.4, 0.5) is 4.39 Å². The lowest BCUT2D eigenvalue weighted by Crippen LogP contribution is -2.01. The van der Waals surface area contributed by atoms with Crippen LogP contribution in [-0.2, 0) is 0 Å². The van der Waals surface area contributed by atoms with Crippen molar-refractivity contribution < 1.29 is 14.2 Å². The number of aliphatic hydroxyl groups is 1. The van der Waals surface area contributed by atoms with Crippen LogP contribution >= 0.6 is 0 Å². The summed E-state index contributed by atoms with van der Waals surface area (Å²) < 4.78 is 17.9. The molecular weight excluding hydrogens is 185 g/mol. The first kappa shape index (κ1) is 10.5. The summed E-state index contributed by atoms with van der Waals surface area (Å²) in [6, 6.07) is 4.14. The Morgan fingerprint density at radius 1 is 1.64 bits per heavy atom. The monoisotopic (exact) mass is 195 g/mol. The third-order valence-corrected chi connectivity index (χ3v) is 1.82. The lowest BCUT2D eigenvalue weighted by molar-refractivity contribution is 0.194. The minimum absolute atomic E-state index is 0.0637. The fraction of sp³-hybridized carbons (Fsp3) is 0.300. The van der Waals surface area contributed by atoms with Crippen LogP contribution in [0.15, 0.2) is 18.2 Å². The molecule has 1 aromatic carbocycles. The Hall–Kier alpha value is -1.60. The molecule has 0 radical (unpaired) electrons. The smallest absolute Gasteiger partial charge is 0.244 e. The van der Waals surface area contributed by atoms with Crippen LogP contribution in [0.2, 0.25) is 0 Å². The second-order valence-corrected chi connectivity index (χ2v) is 2.75. The zero-order chi connectivity index (χ0) is 10.6. The summed E-state index contributed by atoms with van der Waals surface area (Å²) in [5.74, 6) is -0.405. The first-order valence-corrected chi connectivity index (χ1v) is 4.03. The molecule has 0 aromatic heterocycles. The highest BCUT2D eigenvalue weighted by molar-refractivity contribution is 5.30. The molecule has 0 fully saturated rings. The number of rotatable bonds is 3. The fourth-order valence-corrected chi connectivity index (χ4v) is 1.08. The van der Waals surface area contributed by atoms with Gasteiger partial charge in [-0.2, -0.15) is 0 Å². The van der Waals surface area contributed by atoms with Crippen molar-refractivity contribution in [3.63, 3.8) is 0 Å². The molecular formula is C10H10FNO2. The highest BCUT2D eigenvalue weighted by atomic mass is 19.1. The Kier molecular flexibility index (Phi) is 3.43. The van der Waals surface area contributed by atoms with Crippen molar-refractivity contribution >= 4 is 0 Å². The molecule has 1 N–H and O–H groups in total. The van der Waals surface area contributed by atoms with Crippen molar-refractivity contribution in [3.05, 3.63) is 41.0 Å². The average Bonchev–Trinajstić information content (AvgIpc) is 2.18.